The molecule has 1 aliphatic carbocycles. The zero-order chi connectivity index (χ0) is 34.1. The van der Waals surface area contributed by atoms with Gasteiger partial charge in [-0.1, -0.05) is 121 Å². The Kier molecular flexibility index (Phi) is 6.49. The summed E-state index contributed by atoms with van der Waals surface area (Å²) < 4.78 is 0. The van der Waals surface area contributed by atoms with Crippen molar-refractivity contribution in [2.75, 3.05) is 4.90 Å². The van der Waals surface area contributed by atoms with E-state index in [9.17, 15) is 9.59 Å². The van der Waals surface area contributed by atoms with E-state index >= 15 is 0 Å². The van der Waals surface area contributed by atoms with Gasteiger partial charge in [-0.05, 0) is 103 Å². The van der Waals surface area contributed by atoms with Crippen molar-refractivity contribution in [1.29, 1.82) is 0 Å². The zero-order valence-corrected chi connectivity index (χ0v) is 27.5. The standard InChI is InChI=1S/C48H29NO2/c50-47-43-28-33-11-3-4-12-34(33)29-44(43)48(51)45(47)24-30-17-18-36-27-40(22-20-35(36)23-30)49(39-21-19-31-9-1-2-10-32(31)26-39)46-41-15-7-5-13-37(41)25-38-14-6-8-16-42(38)46/h1-29H. The van der Waals surface area contributed by atoms with Crippen LogP contribution in [0, 0.1) is 0 Å². The first-order chi connectivity index (χ1) is 25.1. The van der Waals surface area contributed by atoms with Crippen LogP contribution < -0.4 is 4.90 Å². The third-order valence-electron chi connectivity index (χ3n) is 10.2. The van der Waals surface area contributed by atoms with E-state index in [2.05, 4.69) is 132 Å². The van der Waals surface area contributed by atoms with Gasteiger partial charge in [-0.15, -0.1) is 0 Å². The summed E-state index contributed by atoms with van der Waals surface area (Å²) in [7, 11) is 0. The first-order valence-electron chi connectivity index (χ1n) is 17.2. The van der Waals surface area contributed by atoms with Gasteiger partial charge in [-0.3, -0.25) is 9.59 Å². The van der Waals surface area contributed by atoms with E-state index in [1.165, 1.54) is 32.3 Å². The summed E-state index contributed by atoms with van der Waals surface area (Å²) in [6.45, 7) is 0. The molecule has 0 amide bonds. The summed E-state index contributed by atoms with van der Waals surface area (Å²) in [5, 5.41) is 11.1. The van der Waals surface area contributed by atoms with Crippen LogP contribution in [0.5, 0.6) is 0 Å². The lowest BCUT2D eigenvalue weighted by molar-refractivity contribution is 0.0990. The van der Waals surface area contributed by atoms with Crippen LogP contribution in [-0.2, 0) is 0 Å². The topological polar surface area (TPSA) is 37.4 Å². The average molecular weight is 652 g/mol. The van der Waals surface area contributed by atoms with Crippen molar-refractivity contribution in [1.82, 2.24) is 0 Å². The molecule has 0 aliphatic heterocycles. The normalized spacial score (nSPS) is 12.7. The lowest BCUT2D eigenvalue weighted by Crippen LogP contribution is -2.11. The summed E-state index contributed by atoms with van der Waals surface area (Å²) in [6, 6.07) is 58.7. The highest BCUT2D eigenvalue weighted by Gasteiger charge is 2.33. The number of hydrogen-bond acceptors (Lipinski definition) is 3. The molecule has 0 saturated heterocycles. The lowest BCUT2D eigenvalue weighted by atomic mass is 9.98. The van der Waals surface area contributed by atoms with E-state index in [0.717, 1.165) is 44.2 Å². The highest BCUT2D eigenvalue weighted by Crippen LogP contribution is 2.45. The van der Waals surface area contributed by atoms with Crippen molar-refractivity contribution >= 4 is 88.6 Å². The number of nitrogens with zero attached hydrogens (tertiary/aromatic N) is 1. The Balaban J connectivity index is 1.11. The monoisotopic (exact) mass is 651 g/mol. The SMILES string of the molecule is O=C1C(=Cc2ccc3cc(N(c4ccc5ccccc5c4)c4c5ccccc5cc5ccccc45)ccc3c2)C(=O)c2cc3ccccc3cc21. The third-order valence-corrected chi connectivity index (χ3v) is 10.2. The molecule has 0 saturated carbocycles. The van der Waals surface area contributed by atoms with Crippen LogP contribution in [0.15, 0.2) is 175 Å². The molecule has 0 radical (unpaired) electrons. The summed E-state index contributed by atoms with van der Waals surface area (Å²) in [4.78, 5) is 29.3. The first kappa shape index (κ1) is 29.1. The second kappa shape index (κ2) is 11.4. The molecule has 9 aromatic carbocycles. The molecule has 9 aromatic rings. The molecule has 238 valence electrons. The average Bonchev–Trinajstić information content (AvgIpc) is 3.40. The molecule has 0 fully saturated rings. The lowest BCUT2D eigenvalue weighted by Gasteiger charge is -2.29. The number of Topliss-reactive ketones (excluding diaryl/α,β-unsaturated/α-hetero) is 2. The van der Waals surface area contributed by atoms with Crippen molar-refractivity contribution in [2.24, 2.45) is 0 Å². The summed E-state index contributed by atoms with van der Waals surface area (Å²) in [5.41, 5.74) is 5.22. The van der Waals surface area contributed by atoms with Crippen molar-refractivity contribution in [3.8, 4) is 0 Å². The predicted octanol–water partition coefficient (Wildman–Crippen LogP) is 12.4. The first-order valence-corrected chi connectivity index (χ1v) is 17.2. The molecule has 0 heterocycles. The molecule has 0 aromatic heterocycles. The second-order valence-electron chi connectivity index (χ2n) is 13.3. The van der Waals surface area contributed by atoms with Crippen LogP contribution in [0.3, 0.4) is 0 Å². The van der Waals surface area contributed by atoms with E-state index in [1.54, 1.807) is 6.08 Å². The molecule has 10 rings (SSSR count). The van der Waals surface area contributed by atoms with Gasteiger partial charge in [-0.25, -0.2) is 0 Å². The van der Waals surface area contributed by atoms with Gasteiger partial charge in [0, 0.05) is 33.3 Å². The van der Waals surface area contributed by atoms with Gasteiger partial charge in [0.05, 0.1) is 11.3 Å². The van der Waals surface area contributed by atoms with Gasteiger partial charge in [-0.2, -0.15) is 0 Å². The number of carbonyl (C=O) groups excluding carboxylic acids is 2. The zero-order valence-electron chi connectivity index (χ0n) is 27.5. The van der Waals surface area contributed by atoms with Crippen LogP contribution >= 0.6 is 0 Å². The summed E-state index contributed by atoms with van der Waals surface area (Å²) in [6.07, 6.45) is 1.74. The number of ketones is 2. The Labute approximate surface area is 294 Å². The van der Waals surface area contributed by atoms with E-state index in [-0.39, 0.29) is 17.1 Å². The fraction of sp³-hybridized carbons (Fsp3) is 0. The molecular weight excluding hydrogens is 623 g/mol. The molecule has 0 bridgehead atoms. The van der Waals surface area contributed by atoms with Crippen molar-refractivity contribution < 1.29 is 9.59 Å². The van der Waals surface area contributed by atoms with Crippen molar-refractivity contribution in [3.63, 3.8) is 0 Å². The van der Waals surface area contributed by atoms with Gasteiger partial charge in [0.15, 0.2) is 11.6 Å². The van der Waals surface area contributed by atoms with Gasteiger partial charge >= 0.3 is 0 Å². The van der Waals surface area contributed by atoms with Crippen LogP contribution in [0.1, 0.15) is 26.3 Å². The highest BCUT2D eigenvalue weighted by atomic mass is 16.2. The Hall–Kier alpha value is -6.84. The molecule has 0 spiro atoms. The van der Waals surface area contributed by atoms with Gasteiger partial charge in [0.2, 0.25) is 0 Å². The smallest absolute Gasteiger partial charge is 0.197 e. The largest absolute Gasteiger partial charge is 0.309 e. The number of allylic oxidation sites excluding steroid dienone is 1. The fourth-order valence-electron chi connectivity index (χ4n) is 7.74. The molecule has 0 atom stereocenters. The highest BCUT2D eigenvalue weighted by molar-refractivity contribution is 6.42. The minimum absolute atomic E-state index is 0.210. The molecule has 3 heteroatoms. The number of fused-ring (bicyclic) bond motifs is 6. The van der Waals surface area contributed by atoms with Crippen LogP contribution in [0.4, 0.5) is 17.1 Å². The van der Waals surface area contributed by atoms with Crippen molar-refractivity contribution in [3.05, 3.63) is 192 Å². The van der Waals surface area contributed by atoms with Crippen LogP contribution in [0.25, 0.3) is 59.9 Å². The predicted molar refractivity (Wildman–Crippen MR) is 212 cm³/mol. The number of hydrogen-bond donors (Lipinski definition) is 0. The quantitative estimate of drug-likeness (QED) is 0.108. The van der Waals surface area contributed by atoms with Gasteiger partial charge in [0.1, 0.15) is 0 Å². The molecule has 0 N–H and O–H groups in total. The fourth-order valence-corrected chi connectivity index (χ4v) is 7.74. The Bertz CT molecular complexity index is 2860. The molecule has 1 aliphatic rings. The van der Waals surface area contributed by atoms with Gasteiger partial charge in [0.25, 0.3) is 0 Å². The summed E-state index contributed by atoms with van der Waals surface area (Å²) >= 11 is 0. The minimum atomic E-state index is -0.218. The van der Waals surface area contributed by atoms with Crippen LogP contribution in [0.2, 0.25) is 0 Å². The summed E-state index contributed by atoms with van der Waals surface area (Å²) in [5.74, 6) is -0.436. The van der Waals surface area contributed by atoms with E-state index in [1.807, 2.05) is 42.5 Å². The number of anilines is 3. The van der Waals surface area contributed by atoms with E-state index in [4.69, 9.17) is 0 Å². The maximum Gasteiger partial charge on any atom is 0.197 e. The van der Waals surface area contributed by atoms with Crippen LogP contribution in [-0.4, -0.2) is 11.6 Å². The Morgan fingerprint density at radius 1 is 0.373 bits per heavy atom. The van der Waals surface area contributed by atoms with Gasteiger partial charge < -0.3 is 4.90 Å². The molecule has 3 nitrogen and oxygen atoms in total. The maximum absolute atomic E-state index is 13.5. The maximum atomic E-state index is 13.5. The number of carbonyl (C=O) groups is 2. The van der Waals surface area contributed by atoms with E-state index in [0.29, 0.717) is 11.1 Å². The molecule has 51 heavy (non-hydrogen) atoms. The Morgan fingerprint density at radius 3 is 1.39 bits per heavy atom. The second-order valence-corrected chi connectivity index (χ2v) is 13.3. The van der Waals surface area contributed by atoms with Crippen molar-refractivity contribution in [2.45, 2.75) is 0 Å². The Morgan fingerprint density at radius 2 is 0.804 bits per heavy atom. The number of benzene rings is 9. The third kappa shape index (κ3) is 4.74. The van der Waals surface area contributed by atoms with E-state index < -0.39 is 0 Å². The number of rotatable bonds is 4. The molecular formula is C48H29NO2. The minimum Gasteiger partial charge on any atom is -0.309 e. The molecule has 0 unspecified atom stereocenters.